The highest BCUT2D eigenvalue weighted by atomic mass is 16.3. The molecule has 0 fully saturated rings. The van der Waals surface area contributed by atoms with Crippen LogP contribution in [0.5, 0.6) is 0 Å². The molecule has 0 aromatic rings. The van der Waals surface area contributed by atoms with E-state index in [0.29, 0.717) is 0 Å². The first-order chi connectivity index (χ1) is 4.34. The predicted octanol–water partition coefficient (Wildman–Crippen LogP) is 0.316. The summed E-state index contributed by atoms with van der Waals surface area (Å²) < 4.78 is 0. The van der Waals surface area contributed by atoms with Crippen LogP contribution in [0, 0.1) is 0 Å². The highest BCUT2D eigenvalue weighted by Gasteiger charge is 2.03. The first kappa shape index (κ1) is 6.11. The number of hydrogen-bond acceptors (Lipinski definition) is 2. The maximum Gasteiger partial charge on any atom is 0.0988 e. The summed E-state index contributed by atoms with van der Waals surface area (Å²) in [6, 6.07) is 0. The van der Waals surface area contributed by atoms with Crippen molar-refractivity contribution in [3.05, 3.63) is 36.1 Å². The van der Waals surface area contributed by atoms with E-state index in [1.54, 1.807) is 18.2 Å². The van der Waals surface area contributed by atoms with Crippen molar-refractivity contribution >= 4 is 0 Å². The molecule has 9 heavy (non-hydrogen) atoms. The highest BCUT2D eigenvalue weighted by molar-refractivity contribution is 5.33. The Kier molecular flexibility index (Phi) is 1.70. The fourth-order valence-corrected chi connectivity index (χ4v) is 0.700. The van der Waals surface area contributed by atoms with Crippen molar-refractivity contribution in [2.75, 3.05) is 0 Å². The summed E-state index contributed by atoms with van der Waals surface area (Å²) in [4.78, 5) is 0. The Bertz CT molecular complexity index is 179. The molecular weight excluding hydrogens is 114 g/mol. The molecule has 0 aromatic carbocycles. The van der Waals surface area contributed by atoms with E-state index in [1.807, 2.05) is 6.08 Å². The van der Waals surface area contributed by atoms with E-state index < -0.39 is 6.10 Å². The molecule has 2 heteroatoms. The van der Waals surface area contributed by atoms with E-state index in [9.17, 15) is 0 Å². The highest BCUT2D eigenvalue weighted by Crippen LogP contribution is 2.08. The largest absolute Gasteiger partial charge is 0.404 e. The van der Waals surface area contributed by atoms with Crippen LogP contribution < -0.4 is 5.73 Å². The quantitative estimate of drug-likeness (QED) is 0.487. The van der Waals surface area contributed by atoms with Gasteiger partial charge in [-0.2, -0.15) is 0 Å². The maximum absolute atomic E-state index is 9.08. The summed E-state index contributed by atoms with van der Waals surface area (Å²) in [5.41, 5.74) is 5.93. The molecule has 0 bridgehead atoms. The van der Waals surface area contributed by atoms with E-state index in [-0.39, 0.29) is 0 Å². The van der Waals surface area contributed by atoms with Crippen LogP contribution in [0.25, 0.3) is 0 Å². The molecule has 0 aliphatic heterocycles. The zero-order chi connectivity index (χ0) is 6.69. The molecule has 0 saturated carbocycles. The van der Waals surface area contributed by atoms with Crippen LogP contribution in [0.3, 0.4) is 0 Å². The second kappa shape index (κ2) is 2.51. The number of aliphatic hydroxyl groups excluding tert-OH is 1. The molecule has 0 heterocycles. The normalized spacial score (nSPS) is 29.4. The molecule has 0 radical (unpaired) electrons. The third-order valence-corrected chi connectivity index (χ3v) is 1.23. The van der Waals surface area contributed by atoms with Gasteiger partial charge in [0.15, 0.2) is 0 Å². The maximum atomic E-state index is 9.08. The van der Waals surface area contributed by atoms with Gasteiger partial charge in [-0.1, -0.05) is 24.3 Å². The third kappa shape index (κ3) is 1.21. The van der Waals surface area contributed by atoms with Crippen molar-refractivity contribution in [1.82, 2.24) is 0 Å². The first-order valence-corrected chi connectivity index (χ1v) is 2.79. The van der Waals surface area contributed by atoms with Gasteiger partial charge >= 0.3 is 0 Å². The number of aliphatic hydroxyl groups is 1. The van der Waals surface area contributed by atoms with Gasteiger partial charge in [-0.3, -0.25) is 0 Å². The molecule has 1 atom stereocenters. The van der Waals surface area contributed by atoms with Crippen molar-refractivity contribution in [2.45, 2.75) is 6.10 Å². The van der Waals surface area contributed by atoms with Gasteiger partial charge in [-0.15, -0.1) is 0 Å². The zero-order valence-electron chi connectivity index (χ0n) is 4.99. The van der Waals surface area contributed by atoms with Crippen LogP contribution in [-0.2, 0) is 0 Å². The van der Waals surface area contributed by atoms with Crippen LogP contribution in [0.1, 0.15) is 0 Å². The van der Waals surface area contributed by atoms with Crippen LogP contribution in [0.15, 0.2) is 36.1 Å². The van der Waals surface area contributed by atoms with E-state index in [2.05, 4.69) is 0 Å². The van der Waals surface area contributed by atoms with Gasteiger partial charge in [0, 0.05) is 0 Å². The zero-order valence-corrected chi connectivity index (χ0v) is 4.99. The number of allylic oxidation sites excluding steroid dienone is 2. The molecule has 0 saturated heterocycles. The molecule has 2 nitrogen and oxygen atoms in total. The Morgan fingerprint density at radius 1 is 1.56 bits per heavy atom. The van der Waals surface area contributed by atoms with E-state index >= 15 is 0 Å². The molecule has 1 aliphatic rings. The standard InChI is InChI=1S/C7H9NO/c8-5-6-3-1-2-4-7(6)9/h1-5,7,9H,8H2. The second-order valence-electron chi connectivity index (χ2n) is 1.86. The van der Waals surface area contributed by atoms with Gasteiger partial charge < -0.3 is 10.8 Å². The molecule has 48 valence electrons. The van der Waals surface area contributed by atoms with Gasteiger partial charge in [0.05, 0.1) is 6.10 Å². The minimum Gasteiger partial charge on any atom is -0.404 e. The summed E-state index contributed by atoms with van der Waals surface area (Å²) in [6.45, 7) is 0. The van der Waals surface area contributed by atoms with Crippen molar-refractivity contribution in [2.24, 2.45) is 5.73 Å². The van der Waals surface area contributed by atoms with Crippen LogP contribution in [0.4, 0.5) is 0 Å². The first-order valence-electron chi connectivity index (χ1n) is 2.79. The van der Waals surface area contributed by atoms with Gasteiger partial charge in [-0.05, 0) is 11.8 Å². The number of hydrogen-bond donors (Lipinski definition) is 2. The number of rotatable bonds is 0. The minimum atomic E-state index is -0.514. The molecule has 1 rings (SSSR count). The molecule has 1 unspecified atom stereocenters. The predicted molar refractivity (Wildman–Crippen MR) is 36.6 cm³/mol. The summed E-state index contributed by atoms with van der Waals surface area (Å²) in [5.74, 6) is 0. The Hall–Kier alpha value is -1.02. The lowest BCUT2D eigenvalue weighted by atomic mass is 10.1. The third-order valence-electron chi connectivity index (χ3n) is 1.23. The van der Waals surface area contributed by atoms with Crippen LogP contribution in [0.2, 0.25) is 0 Å². The average Bonchev–Trinajstić information content (AvgIpc) is 1.89. The molecule has 3 N–H and O–H groups in total. The van der Waals surface area contributed by atoms with Crippen molar-refractivity contribution in [3.8, 4) is 0 Å². The van der Waals surface area contributed by atoms with E-state index in [1.165, 1.54) is 6.20 Å². The minimum absolute atomic E-state index is 0.514. The lowest BCUT2D eigenvalue weighted by molar-refractivity contribution is 0.262. The van der Waals surface area contributed by atoms with Gasteiger partial charge in [0.25, 0.3) is 0 Å². The molecule has 0 aromatic heterocycles. The van der Waals surface area contributed by atoms with Crippen molar-refractivity contribution < 1.29 is 5.11 Å². The Balaban J connectivity index is 2.78. The second-order valence-corrected chi connectivity index (χ2v) is 1.86. The topological polar surface area (TPSA) is 46.2 Å². The summed E-state index contributed by atoms with van der Waals surface area (Å²) in [6.07, 6.45) is 7.98. The molecule has 0 amide bonds. The monoisotopic (exact) mass is 123 g/mol. The van der Waals surface area contributed by atoms with Crippen LogP contribution >= 0.6 is 0 Å². The lowest BCUT2D eigenvalue weighted by Gasteiger charge is -2.07. The summed E-state index contributed by atoms with van der Waals surface area (Å²) >= 11 is 0. The smallest absolute Gasteiger partial charge is 0.0988 e. The molecular formula is C7H9NO. The van der Waals surface area contributed by atoms with Gasteiger partial charge in [0.2, 0.25) is 0 Å². The Labute approximate surface area is 54.0 Å². The fraction of sp³-hybridized carbons (Fsp3) is 0.143. The summed E-state index contributed by atoms with van der Waals surface area (Å²) in [5, 5.41) is 9.08. The van der Waals surface area contributed by atoms with E-state index in [0.717, 1.165) is 5.57 Å². The fourth-order valence-electron chi connectivity index (χ4n) is 0.700. The van der Waals surface area contributed by atoms with Gasteiger partial charge in [0.1, 0.15) is 0 Å². The molecule has 1 aliphatic carbocycles. The average molecular weight is 123 g/mol. The van der Waals surface area contributed by atoms with Crippen LogP contribution in [-0.4, -0.2) is 11.2 Å². The Morgan fingerprint density at radius 3 is 2.78 bits per heavy atom. The Morgan fingerprint density at radius 2 is 2.33 bits per heavy atom. The summed E-state index contributed by atoms with van der Waals surface area (Å²) in [7, 11) is 0. The lowest BCUT2D eigenvalue weighted by Crippen LogP contribution is -2.08. The number of nitrogens with two attached hydrogens (primary N) is 1. The molecule has 0 spiro atoms. The SMILES string of the molecule is NC=C1C=CC=CC1O. The van der Waals surface area contributed by atoms with Crippen molar-refractivity contribution in [1.29, 1.82) is 0 Å². The van der Waals surface area contributed by atoms with Crippen molar-refractivity contribution in [3.63, 3.8) is 0 Å². The van der Waals surface area contributed by atoms with E-state index in [4.69, 9.17) is 10.8 Å². The van der Waals surface area contributed by atoms with Gasteiger partial charge in [-0.25, -0.2) is 0 Å².